The van der Waals surface area contributed by atoms with Gasteiger partial charge in [-0.1, -0.05) is 6.07 Å². The first-order valence-corrected chi connectivity index (χ1v) is 5.42. The molecular formula is C12H12NS+. The van der Waals surface area contributed by atoms with Crippen LogP contribution < -0.4 is 4.57 Å². The molecule has 0 N–H and O–H groups in total. The Kier molecular flexibility index (Phi) is 2.75. The number of thiophene rings is 1. The van der Waals surface area contributed by atoms with Crippen molar-refractivity contribution in [3.05, 3.63) is 52.5 Å². The van der Waals surface area contributed by atoms with Crippen molar-refractivity contribution in [2.75, 3.05) is 0 Å². The molecule has 0 amide bonds. The third-order valence-electron chi connectivity index (χ3n) is 2.06. The number of hydrogen-bond donors (Lipinski definition) is 0. The first-order valence-electron chi connectivity index (χ1n) is 4.54. The van der Waals surface area contributed by atoms with Crippen LogP contribution in [0.25, 0.3) is 12.3 Å². The molecule has 2 heterocycles. The fourth-order valence-electron chi connectivity index (χ4n) is 1.25. The van der Waals surface area contributed by atoms with Crippen LogP contribution in [0.3, 0.4) is 0 Å². The number of aromatic nitrogens is 1. The lowest BCUT2D eigenvalue weighted by molar-refractivity contribution is -0.567. The molecule has 14 heavy (non-hydrogen) atoms. The molecule has 2 aromatic rings. The van der Waals surface area contributed by atoms with Gasteiger partial charge in [0.05, 0.1) is 0 Å². The van der Waals surface area contributed by atoms with E-state index in [0.717, 1.165) is 0 Å². The Morgan fingerprint density at radius 2 is 2.00 bits per heavy atom. The van der Waals surface area contributed by atoms with Crippen LogP contribution in [0.4, 0.5) is 0 Å². The zero-order chi connectivity index (χ0) is 9.80. The van der Waals surface area contributed by atoms with Crippen LogP contribution in [-0.4, -0.2) is 0 Å². The molecule has 0 aliphatic carbocycles. The third-order valence-corrected chi connectivity index (χ3v) is 2.93. The number of rotatable bonds is 2. The van der Waals surface area contributed by atoms with Gasteiger partial charge in [0.2, 0.25) is 0 Å². The van der Waals surface area contributed by atoms with Crippen molar-refractivity contribution in [2.45, 2.75) is 6.92 Å². The average molecular weight is 202 g/mol. The lowest BCUT2D eigenvalue weighted by Gasteiger charge is -1.87. The van der Waals surface area contributed by atoms with E-state index in [2.05, 4.69) is 30.6 Å². The van der Waals surface area contributed by atoms with Gasteiger partial charge in [-0.2, -0.15) is 4.57 Å². The van der Waals surface area contributed by atoms with Crippen molar-refractivity contribution in [3.63, 3.8) is 0 Å². The molecule has 0 unspecified atom stereocenters. The molecular weight excluding hydrogens is 190 g/mol. The Morgan fingerprint density at radius 1 is 1.21 bits per heavy atom. The summed E-state index contributed by atoms with van der Waals surface area (Å²) in [5.74, 6) is 0. The van der Waals surface area contributed by atoms with Crippen molar-refractivity contribution in [1.82, 2.24) is 0 Å². The second-order valence-electron chi connectivity index (χ2n) is 3.07. The molecule has 0 aliphatic rings. The van der Waals surface area contributed by atoms with Crippen LogP contribution in [0.15, 0.2) is 42.0 Å². The van der Waals surface area contributed by atoms with Crippen LogP contribution in [-0.2, 0) is 0 Å². The average Bonchev–Trinajstić information content (AvgIpc) is 2.63. The van der Waals surface area contributed by atoms with Gasteiger partial charge in [0.15, 0.2) is 18.6 Å². The number of aryl methyl sites for hydroxylation is 1. The lowest BCUT2D eigenvalue weighted by atomic mass is 10.3. The normalized spacial score (nSPS) is 10.9. The quantitative estimate of drug-likeness (QED) is 0.659. The van der Waals surface area contributed by atoms with Crippen LogP contribution in [0.1, 0.15) is 10.4 Å². The van der Waals surface area contributed by atoms with Crippen molar-refractivity contribution < 1.29 is 4.57 Å². The van der Waals surface area contributed by atoms with E-state index in [1.165, 1.54) is 10.4 Å². The van der Waals surface area contributed by atoms with Gasteiger partial charge in [0.25, 0.3) is 0 Å². The molecule has 0 aliphatic heterocycles. The van der Waals surface area contributed by atoms with Gasteiger partial charge in [-0.3, -0.25) is 0 Å². The minimum absolute atomic E-state index is 1.30. The van der Waals surface area contributed by atoms with Gasteiger partial charge in [-0.25, -0.2) is 0 Å². The molecule has 70 valence electrons. The van der Waals surface area contributed by atoms with Gasteiger partial charge in [0, 0.05) is 23.1 Å². The Labute approximate surface area is 88.0 Å². The summed E-state index contributed by atoms with van der Waals surface area (Å²) >= 11 is 1.78. The SMILES string of the molecule is Cc1sccc1C=C[n+]1ccccc1. The highest BCUT2D eigenvalue weighted by molar-refractivity contribution is 7.10. The van der Waals surface area contributed by atoms with Gasteiger partial charge < -0.3 is 0 Å². The first-order chi connectivity index (χ1) is 6.86. The standard InChI is InChI=1S/C12H12NS/c1-11-12(6-10-14-11)5-9-13-7-3-2-4-8-13/h2-10H,1H3/q+1. The van der Waals surface area contributed by atoms with Crippen LogP contribution in [0.2, 0.25) is 0 Å². The molecule has 2 aromatic heterocycles. The molecule has 0 saturated carbocycles. The second-order valence-corrected chi connectivity index (χ2v) is 4.19. The smallest absolute Gasteiger partial charge is 0.174 e. The predicted octanol–water partition coefficient (Wildman–Crippen LogP) is 2.97. The Bertz CT molecular complexity index is 429. The summed E-state index contributed by atoms with van der Waals surface area (Å²) in [5.41, 5.74) is 1.30. The van der Waals surface area contributed by atoms with E-state index >= 15 is 0 Å². The molecule has 0 saturated heterocycles. The maximum atomic E-state index is 2.14. The zero-order valence-electron chi connectivity index (χ0n) is 8.05. The van der Waals surface area contributed by atoms with Crippen molar-refractivity contribution in [1.29, 1.82) is 0 Å². The fraction of sp³-hybridized carbons (Fsp3) is 0.0833. The number of hydrogen-bond acceptors (Lipinski definition) is 1. The highest BCUT2D eigenvalue weighted by Gasteiger charge is 1.96. The van der Waals surface area contributed by atoms with E-state index in [0.29, 0.717) is 0 Å². The maximum absolute atomic E-state index is 2.14. The molecule has 2 rings (SSSR count). The Hall–Kier alpha value is -1.41. The van der Waals surface area contributed by atoms with Gasteiger partial charge in [-0.05, 0) is 23.9 Å². The van der Waals surface area contributed by atoms with E-state index in [-0.39, 0.29) is 0 Å². The maximum Gasteiger partial charge on any atom is 0.175 e. The topological polar surface area (TPSA) is 3.88 Å². The molecule has 0 aromatic carbocycles. The van der Waals surface area contributed by atoms with Crippen molar-refractivity contribution >= 4 is 23.6 Å². The monoisotopic (exact) mass is 202 g/mol. The number of nitrogens with zero attached hydrogens (tertiary/aromatic N) is 1. The summed E-state index contributed by atoms with van der Waals surface area (Å²) in [6.07, 6.45) is 8.25. The molecule has 0 fully saturated rings. The van der Waals surface area contributed by atoms with Crippen LogP contribution >= 0.6 is 11.3 Å². The van der Waals surface area contributed by atoms with E-state index in [1.54, 1.807) is 11.3 Å². The largest absolute Gasteiger partial charge is 0.175 e. The summed E-state index contributed by atoms with van der Waals surface area (Å²) in [6, 6.07) is 8.19. The van der Waals surface area contributed by atoms with Crippen molar-refractivity contribution in [3.8, 4) is 0 Å². The molecule has 0 radical (unpaired) electrons. The van der Waals surface area contributed by atoms with Gasteiger partial charge >= 0.3 is 0 Å². The van der Waals surface area contributed by atoms with E-state index < -0.39 is 0 Å². The van der Waals surface area contributed by atoms with Gasteiger partial charge in [0.1, 0.15) is 0 Å². The zero-order valence-corrected chi connectivity index (χ0v) is 8.87. The van der Waals surface area contributed by atoms with Crippen molar-refractivity contribution in [2.24, 2.45) is 0 Å². The minimum Gasteiger partial charge on any atom is -0.174 e. The number of pyridine rings is 1. The summed E-state index contributed by atoms with van der Waals surface area (Å²) in [4.78, 5) is 1.36. The Morgan fingerprint density at radius 3 is 2.64 bits per heavy atom. The van der Waals surface area contributed by atoms with Gasteiger partial charge in [-0.15, -0.1) is 11.3 Å². The molecule has 0 bridgehead atoms. The highest BCUT2D eigenvalue weighted by Crippen LogP contribution is 2.15. The summed E-state index contributed by atoms with van der Waals surface area (Å²) in [5, 5.41) is 2.12. The van der Waals surface area contributed by atoms with E-state index in [4.69, 9.17) is 0 Å². The Balaban J connectivity index is 2.20. The van der Waals surface area contributed by atoms with Crippen LogP contribution in [0, 0.1) is 6.92 Å². The second kappa shape index (κ2) is 4.20. The van der Waals surface area contributed by atoms with E-state index in [1.807, 2.05) is 35.2 Å². The lowest BCUT2D eigenvalue weighted by Crippen LogP contribution is -2.23. The molecule has 2 heteroatoms. The molecule has 1 nitrogen and oxygen atoms in total. The van der Waals surface area contributed by atoms with Crippen LogP contribution in [0.5, 0.6) is 0 Å². The summed E-state index contributed by atoms with van der Waals surface area (Å²) < 4.78 is 2.04. The van der Waals surface area contributed by atoms with E-state index in [9.17, 15) is 0 Å². The summed E-state index contributed by atoms with van der Waals surface area (Å²) in [6.45, 7) is 2.14. The molecule has 0 atom stereocenters. The predicted molar refractivity (Wildman–Crippen MR) is 60.9 cm³/mol. The first kappa shape index (κ1) is 9.16. The third kappa shape index (κ3) is 2.09. The minimum atomic E-state index is 1.30. The molecule has 0 spiro atoms. The summed E-state index contributed by atoms with van der Waals surface area (Å²) in [7, 11) is 0. The highest BCUT2D eigenvalue weighted by atomic mass is 32.1. The fourth-order valence-corrected chi connectivity index (χ4v) is 1.94.